The van der Waals surface area contributed by atoms with Crippen LogP contribution in [0.5, 0.6) is 0 Å². The maximum Gasteiger partial charge on any atom is 0.340 e. The summed E-state index contributed by atoms with van der Waals surface area (Å²) in [5.41, 5.74) is 0.899. The fourth-order valence-electron chi connectivity index (χ4n) is 2.22. The van der Waals surface area contributed by atoms with E-state index in [0.717, 1.165) is 11.8 Å². The van der Waals surface area contributed by atoms with E-state index >= 15 is 0 Å². The van der Waals surface area contributed by atoms with Gasteiger partial charge in [0, 0.05) is 17.8 Å². The Morgan fingerprint density at radius 1 is 1.39 bits per heavy atom. The first-order valence-corrected chi connectivity index (χ1v) is 9.10. The molecule has 28 heavy (non-hydrogen) atoms. The number of nitriles is 1. The van der Waals surface area contributed by atoms with Crippen LogP contribution in [0.4, 0.5) is 11.4 Å². The summed E-state index contributed by atoms with van der Waals surface area (Å²) < 4.78 is 4.93. The maximum atomic E-state index is 12.1. The minimum Gasteiger partial charge on any atom is -0.462 e. The third-order valence-electron chi connectivity index (χ3n) is 3.47. The van der Waals surface area contributed by atoms with Gasteiger partial charge >= 0.3 is 5.97 Å². The van der Waals surface area contributed by atoms with Gasteiger partial charge in [-0.05, 0) is 26.0 Å². The maximum absolute atomic E-state index is 12.1. The van der Waals surface area contributed by atoms with E-state index in [4.69, 9.17) is 4.74 Å². The molecule has 0 saturated heterocycles. The highest BCUT2D eigenvalue weighted by atomic mass is 32.2. The minimum atomic E-state index is -0.566. The van der Waals surface area contributed by atoms with Crippen molar-refractivity contribution in [3.8, 4) is 6.07 Å². The molecule has 0 spiro atoms. The van der Waals surface area contributed by atoms with Gasteiger partial charge in [-0.2, -0.15) is 5.26 Å². The zero-order valence-corrected chi connectivity index (χ0v) is 15.9. The summed E-state index contributed by atoms with van der Waals surface area (Å²) in [5, 5.41) is 23.0. The molecule has 2 rings (SSSR count). The van der Waals surface area contributed by atoms with Crippen molar-refractivity contribution in [2.45, 2.75) is 18.9 Å². The number of carbonyl (C=O) groups is 2. The average Bonchev–Trinajstić information content (AvgIpc) is 2.66. The van der Waals surface area contributed by atoms with Crippen molar-refractivity contribution in [1.82, 2.24) is 4.98 Å². The van der Waals surface area contributed by atoms with Crippen molar-refractivity contribution in [2.24, 2.45) is 0 Å². The van der Waals surface area contributed by atoms with Gasteiger partial charge in [-0.25, -0.2) is 9.78 Å². The fraction of sp³-hybridized carbons (Fsp3) is 0.222. The molecule has 0 aliphatic heterocycles. The van der Waals surface area contributed by atoms with E-state index in [-0.39, 0.29) is 29.2 Å². The predicted octanol–water partition coefficient (Wildman–Crippen LogP) is 3.08. The number of hydrogen-bond donors (Lipinski definition) is 1. The Bertz CT molecular complexity index is 971. The Morgan fingerprint density at radius 2 is 2.14 bits per heavy atom. The lowest BCUT2D eigenvalue weighted by molar-refractivity contribution is -0.384. The number of anilines is 1. The van der Waals surface area contributed by atoms with Crippen LogP contribution in [0, 0.1) is 28.4 Å². The van der Waals surface area contributed by atoms with Crippen molar-refractivity contribution >= 4 is 35.0 Å². The molecule has 0 radical (unpaired) electrons. The van der Waals surface area contributed by atoms with Gasteiger partial charge in [-0.3, -0.25) is 14.9 Å². The van der Waals surface area contributed by atoms with Crippen LogP contribution in [-0.2, 0) is 9.53 Å². The summed E-state index contributed by atoms with van der Waals surface area (Å²) in [6.07, 6.45) is 0. The molecule has 1 N–H and O–H groups in total. The molecule has 9 nitrogen and oxygen atoms in total. The SMILES string of the molecule is CCOC(=O)c1cc(C#N)c(SCC(=O)Nc2cccc([N+](=O)[O-])c2)nc1C. The van der Waals surface area contributed by atoms with Gasteiger partial charge in [0.05, 0.1) is 34.1 Å². The van der Waals surface area contributed by atoms with Crippen LogP contribution >= 0.6 is 11.8 Å². The van der Waals surface area contributed by atoms with Gasteiger partial charge < -0.3 is 10.1 Å². The van der Waals surface area contributed by atoms with Crippen LogP contribution in [0.1, 0.15) is 28.5 Å². The predicted molar refractivity (Wildman–Crippen MR) is 102 cm³/mol. The van der Waals surface area contributed by atoms with Crippen molar-refractivity contribution in [3.63, 3.8) is 0 Å². The zero-order chi connectivity index (χ0) is 20.7. The molecule has 1 aromatic carbocycles. The van der Waals surface area contributed by atoms with Crippen molar-refractivity contribution in [3.05, 3.63) is 57.3 Å². The number of aromatic nitrogens is 1. The monoisotopic (exact) mass is 400 g/mol. The number of nitrogens with one attached hydrogen (secondary N) is 1. The number of nitro benzene ring substituents is 1. The van der Waals surface area contributed by atoms with Crippen LogP contribution in [0.15, 0.2) is 35.4 Å². The van der Waals surface area contributed by atoms with Crippen LogP contribution < -0.4 is 5.32 Å². The number of nitro groups is 1. The molecule has 0 aliphatic carbocycles. The van der Waals surface area contributed by atoms with Gasteiger partial charge in [0.15, 0.2) is 0 Å². The lowest BCUT2D eigenvalue weighted by Crippen LogP contribution is -2.15. The second kappa shape index (κ2) is 9.48. The molecule has 0 atom stereocenters. The molecule has 0 saturated carbocycles. The van der Waals surface area contributed by atoms with Gasteiger partial charge in [0.2, 0.25) is 5.91 Å². The first kappa shape index (κ1) is 20.9. The highest BCUT2D eigenvalue weighted by Crippen LogP contribution is 2.24. The smallest absolute Gasteiger partial charge is 0.340 e. The fourth-order valence-corrected chi connectivity index (χ4v) is 3.02. The zero-order valence-electron chi connectivity index (χ0n) is 15.1. The lowest BCUT2D eigenvalue weighted by atomic mass is 10.1. The quantitative estimate of drug-likeness (QED) is 0.324. The summed E-state index contributed by atoms with van der Waals surface area (Å²) in [4.78, 5) is 38.5. The number of thioether (sulfide) groups is 1. The molecular formula is C18H16N4O5S. The Hall–Kier alpha value is -3.45. The number of pyridine rings is 1. The van der Waals surface area contributed by atoms with Crippen LogP contribution in [-0.4, -0.2) is 34.1 Å². The van der Waals surface area contributed by atoms with Crippen molar-refractivity contribution in [1.29, 1.82) is 5.26 Å². The Balaban J connectivity index is 2.09. The van der Waals surface area contributed by atoms with E-state index in [2.05, 4.69) is 10.3 Å². The molecule has 10 heteroatoms. The largest absolute Gasteiger partial charge is 0.462 e. The number of aryl methyl sites for hydroxylation is 1. The molecular weight excluding hydrogens is 384 g/mol. The summed E-state index contributed by atoms with van der Waals surface area (Å²) in [6.45, 7) is 3.49. The minimum absolute atomic E-state index is 0.0669. The number of carbonyl (C=O) groups excluding carboxylic acids is 2. The normalized spacial score (nSPS) is 10.0. The topological polar surface area (TPSA) is 135 Å². The van der Waals surface area contributed by atoms with Crippen LogP contribution in [0.25, 0.3) is 0 Å². The number of rotatable bonds is 7. The third kappa shape index (κ3) is 5.28. The highest BCUT2D eigenvalue weighted by molar-refractivity contribution is 8.00. The number of nitrogens with zero attached hydrogens (tertiary/aromatic N) is 3. The Morgan fingerprint density at radius 3 is 2.79 bits per heavy atom. The molecule has 0 bridgehead atoms. The van der Waals surface area contributed by atoms with E-state index in [1.54, 1.807) is 13.8 Å². The van der Waals surface area contributed by atoms with E-state index in [9.17, 15) is 25.0 Å². The second-order valence-corrected chi connectivity index (χ2v) is 6.41. The number of hydrogen-bond acceptors (Lipinski definition) is 8. The van der Waals surface area contributed by atoms with E-state index < -0.39 is 16.8 Å². The molecule has 1 heterocycles. The van der Waals surface area contributed by atoms with Gasteiger partial charge in [-0.15, -0.1) is 0 Å². The van der Waals surface area contributed by atoms with Crippen molar-refractivity contribution in [2.75, 3.05) is 17.7 Å². The first-order valence-electron chi connectivity index (χ1n) is 8.11. The van der Waals surface area contributed by atoms with Crippen LogP contribution in [0.3, 0.4) is 0 Å². The summed E-state index contributed by atoms with van der Waals surface area (Å²) in [7, 11) is 0. The summed E-state index contributed by atoms with van der Waals surface area (Å²) in [5.74, 6) is -1.05. The van der Waals surface area contributed by atoms with Gasteiger partial charge in [-0.1, -0.05) is 17.8 Å². The van der Waals surface area contributed by atoms with Crippen molar-refractivity contribution < 1.29 is 19.2 Å². The molecule has 0 fully saturated rings. The number of non-ortho nitro benzene ring substituents is 1. The average molecular weight is 400 g/mol. The van der Waals surface area contributed by atoms with Gasteiger partial charge in [0.25, 0.3) is 5.69 Å². The number of benzene rings is 1. The molecule has 1 aromatic heterocycles. The van der Waals surface area contributed by atoms with E-state index in [1.807, 2.05) is 6.07 Å². The van der Waals surface area contributed by atoms with Gasteiger partial charge in [0.1, 0.15) is 11.1 Å². The molecule has 144 valence electrons. The summed E-state index contributed by atoms with van der Waals surface area (Å²) in [6, 6.07) is 8.92. The molecule has 2 aromatic rings. The van der Waals surface area contributed by atoms with E-state index in [0.29, 0.717) is 16.4 Å². The molecule has 0 aliphatic rings. The highest BCUT2D eigenvalue weighted by Gasteiger charge is 2.17. The number of ether oxygens (including phenoxy) is 1. The first-order chi connectivity index (χ1) is 13.3. The standard InChI is InChI=1S/C18H16N4O5S/c1-3-27-18(24)15-7-12(9-19)17(20-11(15)2)28-10-16(23)21-13-5-4-6-14(8-13)22(25)26/h4-8H,3,10H2,1-2H3,(H,21,23). The molecule has 1 amide bonds. The third-order valence-corrected chi connectivity index (χ3v) is 4.47. The second-order valence-electron chi connectivity index (χ2n) is 5.45. The van der Waals surface area contributed by atoms with Crippen LogP contribution in [0.2, 0.25) is 0 Å². The summed E-state index contributed by atoms with van der Waals surface area (Å²) >= 11 is 1.03. The van der Waals surface area contributed by atoms with E-state index in [1.165, 1.54) is 30.3 Å². The number of esters is 1. The molecule has 0 unspecified atom stereocenters. The Labute approximate surface area is 164 Å². The number of amides is 1. The Kier molecular flexibility index (Phi) is 7.06. The lowest BCUT2D eigenvalue weighted by Gasteiger charge is -2.09.